The molecule has 0 aliphatic carbocycles. The number of benzene rings is 3. The van der Waals surface area contributed by atoms with Crippen molar-refractivity contribution in [2.24, 2.45) is 0 Å². The topological polar surface area (TPSA) is 130 Å². The second-order valence-electron chi connectivity index (χ2n) is 10.0. The Morgan fingerprint density at radius 3 is 2.24 bits per heavy atom. The highest BCUT2D eigenvalue weighted by Crippen LogP contribution is 2.28. The van der Waals surface area contributed by atoms with E-state index in [1.165, 1.54) is 17.0 Å². The van der Waals surface area contributed by atoms with Crippen LogP contribution in [0, 0.1) is 17.0 Å². The Morgan fingerprint density at radius 2 is 1.66 bits per heavy atom. The summed E-state index contributed by atoms with van der Waals surface area (Å²) in [6.45, 7) is 4.60. The average molecular weight is 646 g/mol. The Balaban J connectivity index is 2.11. The number of halogens is 1. The molecule has 10 nitrogen and oxygen atoms in total. The number of hydrogen-bond acceptors (Lipinski definition) is 6. The summed E-state index contributed by atoms with van der Waals surface area (Å²) in [6.07, 6.45) is 1.12. The fourth-order valence-corrected chi connectivity index (χ4v) is 5.69. The quantitative estimate of drug-likeness (QED) is 0.227. The molecule has 0 aromatic heterocycles. The fourth-order valence-electron chi connectivity index (χ4n) is 4.34. The zero-order chi connectivity index (χ0) is 30.3. The molecule has 0 unspecified atom stereocenters. The molecule has 0 heterocycles. The van der Waals surface area contributed by atoms with Crippen LogP contribution in [0.1, 0.15) is 30.5 Å². The van der Waals surface area contributed by atoms with E-state index in [0.29, 0.717) is 5.56 Å². The Bertz CT molecular complexity index is 1510. The van der Waals surface area contributed by atoms with Crippen LogP contribution in [0.2, 0.25) is 0 Å². The van der Waals surface area contributed by atoms with E-state index in [4.69, 9.17) is 0 Å². The third kappa shape index (κ3) is 8.86. The van der Waals surface area contributed by atoms with Crippen LogP contribution in [0.25, 0.3) is 0 Å². The van der Waals surface area contributed by atoms with Crippen LogP contribution >= 0.6 is 15.9 Å². The van der Waals surface area contributed by atoms with Gasteiger partial charge in [-0.05, 0) is 49.6 Å². The van der Waals surface area contributed by atoms with Crippen molar-refractivity contribution < 1.29 is 22.9 Å². The van der Waals surface area contributed by atoms with E-state index in [2.05, 4.69) is 21.2 Å². The van der Waals surface area contributed by atoms with Crippen LogP contribution < -0.4 is 9.62 Å². The van der Waals surface area contributed by atoms with Gasteiger partial charge in [-0.15, -0.1) is 0 Å². The van der Waals surface area contributed by atoms with Crippen molar-refractivity contribution in [1.29, 1.82) is 0 Å². The molecule has 218 valence electrons. The molecular formula is C29H33BrN4O6S. The highest BCUT2D eigenvalue weighted by Gasteiger charge is 2.34. The Morgan fingerprint density at radius 1 is 1.00 bits per heavy atom. The third-order valence-corrected chi connectivity index (χ3v) is 7.92. The fraction of sp³-hybridized carbons (Fsp3) is 0.310. The van der Waals surface area contributed by atoms with Gasteiger partial charge in [0.05, 0.1) is 16.9 Å². The highest BCUT2D eigenvalue weighted by molar-refractivity contribution is 9.10. The minimum absolute atomic E-state index is 0.0173. The largest absolute Gasteiger partial charge is 0.352 e. The van der Waals surface area contributed by atoms with Gasteiger partial charge in [0.1, 0.15) is 12.6 Å². The Labute approximate surface area is 248 Å². The van der Waals surface area contributed by atoms with E-state index in [1.807, 2.05) is 62.4 Å². The molecule has 0 aliphatic heterocycles. The summed E-state index contributed by atoms with van der Waals surface area (Å²) in [5, 5.41) is 14.3. The molecule has 3 rings (SSSR count). The van der Waals surface area contributed by atoms with Crippen molar-refractivity contribution in [2.75, 3.05) is 17.1 Å². The molecule has 41 heavy (non-hydrogen) atoms. The van der Waals surface area contributed by atoms with Gasteiger partial charge >= 0.3 is 0 Å². The lowest BCUT2D eigenvalue weighted by molar-refractivity contribution is -0.384. The Hall–Kier alpha value is -3.77. The SMILES string of the molecule is Cc1ccc([N+](=O)[O-])cc1N(CC(=O)N(Cc1cccc(Br)c1)[C@H](Cc1ccccc1)C(=O)NC(C)C)S(C)(=O)=O. The molecule has 0 saturated carbocycles. The lowest BCUT2D eigenvalue weighted by Crippen LogP contribution is -2.54. The van der Waals surface area contributed by atoms with Gasteiger partial charge in [-0.2, -0.15) is 0 Å². The first kappa shape index (κ1) is 31.8. The van der Waals surface area contributed by atoms with Crippen LogP contribution in [0.15, 0.2) is 77.3 Å². The second kappa shape index (κ2) is 13.7. The number of nitro groups is 1. The normalized spacial score (nSPS) is 12.0. The standard InChI is InChI=1S/C29H33BrN4O6S/c1-20(2)31-29(36)27(16-22-9-6-5-7-10-22)32(18-23-11-8-12-24(30)15-23)28(35)19-33(41(4,39)40)26-17-25(34(37)38)14-13-21(26)3/h5-15,17,20,27H,16,18-19H2,1-4H3,(H,31,36)/t27-/m1/s1. The first-order valence-electron chi connectivity index (χ1n) is 12.9. The lowest BCUT2D eigenvalue weighted by Gasteiger charge is -2.34. The maximum Gasteiger partial charge on any atom is 0.271 e. The molecule has 12 heteroatoms. The first-order chi connectivity index (χ1) is 19.3. The van der Waals surface area contributed by atoms with Crippen LogP contribution in [0.5, 0.6) is 0 Å². The number of aryl methyl sites for hydroxylation is 1. The summed E-state index contributed by atoms with van der Waals surface area (Å²) >= 11 is 3.44. The number of rotatable bonds is 12. The predicted octanol–water partition coefficient (Wildman–Crippen LogP) is 4.60. The minimum atomic E-state index is -4.06. The predicted molar refractivity (Wildman–Crippen MR) is 162 cm³/mol. The van der Waals surface area contributed by atoms with Gasteiger partial charge in [0.2, 0.25) is 21.8 Å². The Kier molecular flexibility index (Phi) is 10.6. The van der Waals surface area contributed by atoms with Crippen LogP contribution in [-0.2, 0) is 32.6 Å². The van der Waals surface area contributed by atoms with Gasteiger partial charge in [0, 0.05) is 35.6 Å². The average Bonchev–Trinajstić information content (AvgIpc) is 2.89. The second-order valence-corrected chi connectivity index (χ2v) is 12.8. The van der Waals surface area contributed by atoms with E-state index < -0.39 is 33.4 Å². The number of nitro benzene ring substituents is 1. The third-order valence-electron chi connectivity index (χ3n) is 6.30. The molecule has 1 atom stereocenters. The molecular weight excluding hydrogens is 612 g/mol. The lowest BCUT2D eigenvalue weighted by atomic mass is 10.0. The van der Waals surface area contributed by atoms with Crippen LogP contribution in [0.4, 0.5) is 11.4 Å². The summed E-state index contributed by atoms with van der Waals surface area (Å²) in [5.41, 5.74) is 1.68. The smallest absolute Gasteiger partial charge is 0.271 e. The highest BCUT2D eigenvalue weighted by atomic mass is 79.9. The van der Waals surface area contributed by atoms with Crippen molar-refractivity contribution in [2.45, 2.75) is 45.8 Å². The zero-order valence-electron chi connectivity index (χ0n) is 23.3. The van der Waals surface area contributed by atoms with Crippen LogP contribution in [0.3, 0.4) is 0 Å². The summed E-state index contributed by atoms with van der Waals surface area (Å²) in [4.78, 5) is 39.9. The summed E-state index contributed by atoms with van der Waals surface area (Å²) in [6, 6.07) is 19.2. The molecule has 0 fully saturated rings. The monoisotopic (exact) mass is 644 g/mol. The number of non-ortho nitro benzene ring substituents is 1. The number of sulfonamides is 1. The molecule has 0 spiro atoms. The van der Waals surface area contributed by atoms with E-state index in [9.17, 15) is 28.1 Å². The summed E-state index contributed by atoms with van der Waals surface area (Å²) < 4.78 is 27.6. The number of anilines is 1. The van der Waals surface area contributed by atoms with Gasteiger partial charge < -0.3 is 10.2 Å². The van der Waals surface area contributed by atoms with Crippen molar-refractivity contribution in [3.8, 4) is 0 Å². The van der Waals surface area contributed by atoms with Crippen molar-refractivity contribution in [3.63, 3.8) is 0 Å². The maximum atomic E-state index is 14.1. The van der Waals surface area contributed by atoms with Gasteiger partial charge in [-0.25, -0.2) is 8.42 Å². The summed E-state index contributed by atoms with van der Waals surface area (Å²) in [5.74, 6) is -1.02. The van der Waals surface area contributed by atoms with Gasteiger partial charge in [-0.3, -0.25) is 24.0 Å². The molecule has 0 radical (unpaired) electrons. The molecule has 0 saturated heterocycles. The number of carbonyl (C=O) groups is 2. The maximum absolute atomic E-state index is 14.1. The van der Waals surface area contributed by atoms with Crippen LogP contribution in [-0.4, -0.2) is 54.9 Å². The molecule has 3 aromatic rings. The zero-order valence-corrected chi connectivity index (χ0v) is 25.7. The number of hydrogen-bond donors (Lipinski definition) is 1. The van der Waals surface area contributed by atoms with Gasteiger partial charge in [-0.1, -0.05) is 64.5 Å². The molecule has 1 N–H and O–H groups in total. The number of nitrogens with zero attached hydrogens (tertiary/aromatic N) is 3. The van der Waals surface area contributed by atoms with Gasteiger partial charge in [0.15, 0.2) is 0 Å². The molecule has 0 aliphatic rings. The molecule has 2 amide bonds. The number of carbonyl (C=O) groups excluding carboxylic acids is 2. The van der Waals surface area contributed by atoms with E-state index >= 15 is 0 Å². The van der Waals surface area contributed by atoms with Gasteiger partial charge in [0.25, 0.3) is 5.69 Å². The van der Waals surface area contributed by atoms with E-state index in [1.54, 1.807) is 13.0 Å². The van der Waals surface area contributed by atoms with Crippen molar-refractivity contribution in [3.05, 3.63) is 104 Å². The number of nitrogens with one attached hydrogen (secondary N) is 1. The minimum Gasteiger partial charge on any atom is -0.352 e. The van der Waals surface area contributed by atoms with E-state index in [-0.39, 0.29) is 36.3 Å². The van der Waals surface area contributed by atoms with Crippen molar-refractivity contribution in [1.82, 2.24) is 10.2 Å². The first-order valence-corrected chi connectivity index (χ1v) is 15.5. The number of amides is 2. The molecule has 3 aromatic carbocycles. The molecule has 0 bridgehead atoms. The van der Waals surface area contributed by atoms with Crippen molar-refractivity contribution >= 4 is 49.1 Å². The summed E-state index contributed by atoms with van der Waals surface area (Å²) in [7, 11) is -4.06. The van der Waals surface area contributed by atoms with E-state index in [0.717, 1.165) is 32.2 Å².